The summed E-state index contributed by atoms with van der Waals surface area (Å²) in [6.45, 7) is 7.44. The van der Waals surface area contributed by atoms with Gasteiger partial charge in [0.25, 0.3) is 5.91 Å². The highest BCUT2D eigenvalue weighted by molar-refractivity contribution is 5.88. The van der Waals surface area contributed by atoms with E-state index in [1.54, 1.807) is 43.5 Å². The van der Waals surface area contributed by atoms with Crippen molar-refractivity contribution < 1.29 is 23.5 Å². The lowest BCUT2D eigenvalue weighted by atomic mass is 10.1. The van der Waals surface area contributed by atoms with Crippen LogP contribution in [0.3, 0.4) is 0 Å². The molecule has 0 unspecified atom stereocenters. The Morgan fingerprint density at radius 3 is 2.13 bits per heavy atom. The third-order valence-corrected chi connectivity index (χ3v) is 4.57. The zero-order chi connectivity index (χ0) is 23.0. The number of carbonyl (C=O) groups excluding carboxylic acids is 2. The van der Waals surface area contributed by atoms with Crippen LogP contribution in [0.1, 0.15) is 39.7 Å². The Balaban J connectivity index is 2.20. The fourth-order valence-corrected chi connectivity index (χ4v) is 3.06. The van der Waals surface area contributed by atoms with Crippen molar-refractivity contribution in [2.45, 2.75) is 52.2 Å². The van der Waals surface area contributed by atoms with Crippen molar-refractivity contribution in [3.63, 3.8) is 0 Å². The molecule has 31 heavy (non-hydrogen) atoms. The number of nitrogens with one attached hydrogen (secondary N) is 1. The third kappa shape index (κ3) is 7.59. The van der Waals surface area contributed by atoms with Crippen LogP contribution in [-0.4, -0.2) is 42.0 Å². The van der Waals surface area contributed by atoms with Gasteiger partial charge in [-0.05, 0) is 69.2 Å². The van der Waals surface area contributed by atoms with E-state index >= 15 is 0 Å². The Kier molecular flexibility index (Phi) is 8.42. The van der Waals surface area contributed by atoms with Crippen molar-refractivity contribution in [2.75, 3.05) is 13.7 Å². The lowest BCUT2D eigenvalue weighted by Gasteiger charge is -2.33. The molecule has 0 aliphatic rings. The average molecular weight is 431 g/mol. The van der Waals surface area contributed by atoms with Gasteiger partial charge in [-0.15, -0.1) is 0 Å². The first-order valence-corrected chi connectivity index (χ1v) is 10.3. The normalized spacial score (nSPS) is 12.1. The van der Waals surface area contributed by atoms with Crippen molar-refractivity contribution >= 4 is 11.8 Å². The summed E-state index contributed by atoms with van der Waals surface area (Å²) in [5, 5.41) is 2.94. The number of benzene rings is 2. The monoisotopic (exact) mass is 430 g/mol. The van der Waals surface area contributed by atoms with E-state index < -0.39 is 11.6 Å². The van der Waals surface area contributed by atoms with Crippen LogP contribution in [0.5, 0.6) is 11.5 Å². The van der Waals surface area contributed by atoms with E-state index in [1.807, 2.05) is 27.7 Å². The van der Waals surface area contributed by atoms with Crippen LogP contribution in [-0.2, 0) is 16.1 Å². The SMILES string of the molecule is CC[C@H](C(=O)NC(C)(C)C)N(Cc1ccc(F)cc1)C(=O)COc1ccc(OC)cc1. The van der Waals surface area contributed by atoms with Crippen LogP contribution in [0.15, 0.2) is 48.5 Å². The molecule has 0 fully saturated rings. The lowest BCUT2D eigenvalue weighted by Crippen LogP contribution is -2.54. The summed E-state index contributed by atoms with van der Waals surface area (Å²) >= 11 is 0. The number of ether oxygens (including phenoxy) is 2. The van der Waals surface area contributed by atoms with Crippen LogP contribution < -0.4 is 14.8 Å². The number of carbonyl (C=O) groups is 2. The molecule has 1 atom stereocenters. The van der Waals surface area contributed by atoms with E-state index in [4.69, 9.17) is 9.47 Å². The van der Waals surface area contributed by atoms with Gasteiger partial charge in [-0.3, -0.25) is 9.59 Å². The standard InChI is InChI=1S/C24H31FN2O4/c1-6-21(23(29)26-24(2,3)4)27(15-17-7-9-18(25)10-8-17)22(28)16-31-20-13-11-19(30-5)12-14-20/h7-14,21H,6,15-16H2,1-5H3,(H,26,29)/t21-/m1/s1. The summed E-state index contributed by atoms with van der Waals surface area (Å²) in [5.41, 5.74) is 0.288. The smallest absolute Gasteiger partial charge is 0.261 e. The number of hydrogen-bond acceptors (Lipinski definition) is 4. The van der Waals surface area contributed by atoms with Gasteiger partial charge in [-0.25, -0.2) is 4.39 Å². The Morgan fingerprint density at radius 2 is 1.61 bits per heavy atom. The van der Waals surface area contributed by atoms with Gasteiger partial charge in [0.2, 0.25) is 5.91 Å². The highest BCUT2D eigenvalue weighted by atomic mass is 19.1. The molecule has 2 amide bonds. The molecule has 0 spiro atoms. The largest absolute Gasteiger partial charge is 0.497 e. The van der Waals surface area contributed by atoms with Crippen molar-refractivity contribution in [1.29, 1.82) is 0 Å². The second-order valence-corrected chi connectivity index (χ2v) is 8.28. The van der Waals surface area contributed by atoms with Crippen LogP contribution in [0.25, 0.3) is 0 Å². The van der Waals surface area contributed by atoms with Crippen molar-refractivity contribution in [2.24, 2.45) is 0 Å². The van der Waals surface area contributed by atoms with Crippen molar-refractivity contribution in [3.8, 4) is 11.5 Å². The molecule has 168 valence electrons. The first kappa shape index (κ1) is 24.2. The lowest BCUT2D eigenvalue weighted by molar-refractivity contribution is -0.143. The van der Waals surface area contributed by atoms with E-state index in [0.717, 1.165) is 5.56 Å². The van der Waals surface area contributed by atoms with Gasteiger partial charge in [0.15, 0.2) is 6.61 Å². The second kappa shape index (κ2) is 10.8. The van der Waals surface area contributed by atoms with E-state index in [9.17, 15) is 14.0 Å². The van der Waals surface area contributed by atoms with Crippen molar-refractivity contribution in [1.82, 2.24) is 10.2 Å². The minimum Gasteiger partial charge on any atom is -0.497 e. The molecule has 7 heteroatoms. The zero-order valence-corrected chi connectivity index (χ0v) is 18.8. The molecule has 2 aromatic carbocycles. The van der Waals surface area contributed by atoms with Gasteiger partial charge in [-0.1, -0.05) is 19.1 Å². The average Bonchev–Trinajstić information content (AvgIpc) is 2.72. The predicted molar refractivity (Wildman–Crippen MR) is 117 cm³/mol. The van der Waals surface area contributed by atoms with Crippen LogP contribution in [0, 0.1) is 5.82 Å². The van der Waals surface area contributed by atoms with Gasteiger partial charge >= 0.3 is 0 Å². The Hall–Kier alpha value is -3.09. The number of amides is 2. The molecule has 0 radical (unpaired) electrons. The molecule has 0 bridgehead atoms. The number of methoxy groups -OCH3 is 1. The first-order valence-electron chi connectivity index (χ1n) is 10.3. The van der Waals surface area contributed by atoms with Gasteiger partial charge in [0.05, 0.1) is 7.11 Å². The molecule has 0 aliphatic heterocycles. The zero-order valence-electron chi connectivity index (χ0n) is 18.8. The molecule has 6 nitrogen and oxygen atoms in total. The Bertz CT molecular complexity index is 861. The third-order valence-electron chi connectivity index (χ3n) is 4.57. The first-order chi connectivity index (χ1) is 14.6. The quantitative estimate of drug-likeness (QED) is 0.655. The molecule has 0 heterocycles. The molecule has 2 rings (SSSR count). The topological polar surface area (TPSA) is 67.9 Å². The van der Waals surface area contributed by atoms with Gasteiger partial charge in [0, 0.05) is 12.1 Å². The fourth-order valence-electron chi connectivity index (χ4n) is 3.06. The molecule has 0 saturated carbocycles. The number of halogens is 1. The highest BCUT2D eigenvalue weighted by Gasteiger charge is 2.30. The molecule has 0 aliphatic carbocycles. The maximum absolute atomic E-state index is 13.3. The fraction of sp³-hybridized carbons (Fsp3) is 0.417. The Morgan fingerprint density at radius 1 is 1.03 bits per heavy atom. The van der Waals surface area contributed by atoms with E-state index in [1.165, 1.54) is 17.0 Å². The summed E-state index contributed by atoms with van der Waals surface area (Å²) < 4.78 is 24.1. The summed E-state index contributed by atoms with van der Waals surface area (Å²) in [4.78, 5) is 27.5. The Labute approximate surface area is 183 Å². The second-order valence-electron chi connectivity index (χ2n) is 8.28. The molecule has 0 saturated heterocycles. The minimum atomic E-state index is -0.684. The highest BCUT2D eigenvalue weighted by Crippen LogP contribution is 2.18. The van der Waals surface area contributed by atoms with Crippen LogP contribution in [0.4, 0.5) is 4.39 Å². The maximum Gasteiger partial charge on any atom is 0.261 e. The summed E-state index contributed by atoms with van der Waals surface area (Å²) in [5.74, 6) is 0.262. The predicted octanol–water partition coefficient (Wildman–Crippen LogP) is 3.94. The molecule has 1 N–H and O–H groups in total. The van der Waals surface area contributed by atoms with E-state index in [-0.39, 0.29) is 30.8 Å². The van der Waals surface area contributed by atoms with Crippen LogP contribution >= 0.6 is 0 Å². The van der Waals surface area contributed by atoms with Crippen LogP contribution in [0.2, 0.25) is 0 Å². The van der Waals surface area contributed by atoms with Crippen molar-refractivity contribution in [3.05, 3.63) is 59.9 Å². The van der Waals surface area contributed by atoms with Gasteiger partial charge < -0.3 is 19.7 Å². The molecular weight excluding hydrogens is 399 g/mol. The molecule has 0 aromatic heterocycles. The maximum atomic E-state index is 13.3. The summed E-state index contributed by atoms with van der Waals surface area (Å²) in [6, 6.07) is 12.1. The number of rotatable bonds is 9. The van der Waals surface area contributed by atoms with E-state index in [2.05, 4.69) is 5.32 Å². The molecular formula is C24H31FN2O4. The summed E-state index contributed by atoms with van der Waals surface area (Å²) in [6.07, 6.45) is 0.428. The minimum absolute atomic E-state index is 0.168. The number of nitrogens with zero attached hydrogens (tertiary/aromatic N) is 1. The van der Waals surface area contributed by atoms with Gasteiger partial charge in [0.1, 0.15) is 23.4 Å². The number of hydrogen-bond donors (Lipinski definition) is 1. The molecule has 2 aromatic rings. The van der Waals surface area contributed by atoms with Gasteiger partial charge in [-0.2, -0.15) is 0 Å². The van der Waals surface area contributed by atoms with E-state index in [0.29, 0.717) is 17.9 Å². The summed E-state index contributed by atoms with van der Waals surface area (Å²) in [7, 11) is 1.57.